The van der Waals surface area contributed by atoms with Crippen LogP contribution in [0, 0.1) is 0 Å². The topological polar surface area (TPSA) is 113 Å². The summed E-state index contributed by atoms with van der Waals surface area (Å²) in [6.07, 6.45) is 2.04. The third-order valence-corrected chi connectivity index (χ3v) is 2.65. The van der Waals surface area contributed by atoms with Crippen LogP contribution in [0.3, 0.4) is 0 Å². The second-order valence-electron chi connectivity index (χ2n) is 4.03. The van der Waals surface area contributed by atoms with Gasteiger partial charge in [0.2, 0.25) is 5.91 Å². The van der Waals surface area contributed by atoms with Crippen LogP contribution in [0.2, 0.25) is 0 Å². The van der Waals surface area contributed by atoms with Crippen LogP contribution in [0.1, 0.15) is 25.7 Å². The fraction of sp³-hybridized carbons (Fsp3) is 0.700. The van der Waals surface area contributed by atoms with E-state index in [1.165, 1.54) is 0 Å². The van der Waals surface area contributed by atoms with Crippen molar-refractivity contribution in [3.05, 3.63) is 0 Å². The molecule has 1 fully saturated rings. The number of imide groups is 1. The predicted molar refractivity (Wildman–Crippen MR) is 59.2 cm³/mol. The molecule has 0 aromatic carbocycles. The Hall–Kier alpha value is -1.63. The highest BCUT2D eigenvalue weighted by atomic mass is 16.4. The maximum absolute atomic E-state index is 11.3. The highest BCUT2D eigenvalue weighted by molar-refractivity contribution is 5.96. The molecular formula is C10H17N3O4. The Labute approximate surface area is 98.9 Å². The van der Waals surface area contributed by atoms with Crippen LogP contribution in [0.4, 0.5) is 4.79 Å². The Morgan fingerprint density at radius 3 is 2.76 bits per heavy atom. The Kier molecular flexibility index (Phi) is 4.89. The number of carbonyl (C=O) groups excluding carboxylic acids is 2. The van der Waals surface area contributed by atoms with Gasteiger partial charge in [-0.25, -0.2) is 4.79 Å². The average molecular weight is 243 g/mol. The lowest BCUT2D eigenvalue weighted by Gasteiger charge is -2.26. The lowest BCUT2D eigenvalue weighted by molar-refractivity contribution is -0.138. The number of carboxylic acids is 1. The number of rotatable bonds is 6. The lowest BCUT2D eigenvalue weighted by Crippen LogP contribution is -2.49. The van der Waals surface area contributed by atoms with Crippen molar-refractivity contribution in [3.8, 4) is 0 Å². The van der Waals surface area contributed by atoms with Gasteiger partial charge in [0, 0.05) is 19.5 Å². The minimum atomic E-state index is -1.01. The summed E-state index contributed by atoms with van der Waals surface area (Å²) in [5.74, 6) is -1.26. The predicted octanol–water partition coefficient (Wildman–Crippen LogP) is -0.489. The highest BCUT2D eigenvalue weighted by Gasteiger charge is 2.22. The van der Waals surface area contributed by atoms with E-state index in [-0.39, 0.29) is 11.9 Å². The molecule has 17 heavy (non-hydrogen) atoms. The first-order chi connectivity index (χ1) is 8.00. The molecule has 1 aliphatic rings. The Balaban J connectivity index is 2.16. The van der Waals surface area contributed by atoms with E-state index in [1.54, 1.807) is 4.90 Å². The molecular weight excluding hydrogens is 226 g/mol. The first-order valence-electron chi connectivity index (χ1n) is 5.58. The maximum atomic E-state index is 11.3. The zero-order chi connectivity index (χ0) is 12.8. The van der Waals surface area contributed by atoms with Crippen LogP contribution in [-0.2, 0) is 9.59 Å². The molecule has 1 rings (SSSR count). The largest absolute Gasteiger partial charge is 0.480 e. The fourth-order valence-electron chi connectivity index (χ4n) is 1.60. The van der Waals surface area contributed by atoms with E-state index in [0.29, 0.717) is 38.8 Å². The van der Waals surface area contributed by atoms with Crippen LogP contribution in [0.25, 0.3) is 0 Å². The average Bonchev–Trinajstić information content (AvgIpc) is 2.26. The molecule has 0 radical (unpaired) electrons. The number of hydrogen-bond donors (Lipinski definition) is 3. The summed E-state index contributed by atoms with van der Waals surface area (Å²) in [6, 6.07) is -1.21. The Morgan fingerprint density at radius 2 is 2.18 bits per heavy atom. The fourth-order valence-corrected chi connectivity index (χ4v) is 1.60. The number of hydrogen-bond acceptors (Lipinski definition) is 4. The first-order valence-corrected chi connectivity index (χ1v) is 5.58. The molecule has 96 valence electrons. The molecule has 0 bridgehead atoms. The molecule has 0 aromatic heterocycles. The summed E-state index contributed by atoms with van der Waals surface area (Å²) in [6.45, 7) is 0.946. The highest BCUT2D eigenvalue weighted by Crippen LogP contribution is 2.05. The third-order valence-electron chi connectivity index (χ3n) is 2.65. The molecule has 0 aliphatic carbocycles. The zero-order valence-electron chi connectivity index (χ0n) is 9.52. The van der Waals surface area contributed by atoms with Crippen molar-refractivity contribution >= 4 is 17.9 Å². The number of nitrogens with two attached hydrogens (primary N) is 1. The van der Waals surface area contributed by atoms with E-state index in [0.717, 1.165) is 0 Å². The molecule has 0 saturated carbocycles. The molecule has 0 spiro atoms. The van der Waals surface area contributed by atoms with Crippen molar-refractivity contribution < 1.29 is 19.5 Å². The molecule has 1 aliphatic heterocycles. The molecule has 3 amide bonds. The van der Waals surface area contributed by atoms with Crippen molar-refractivity contribution in [2.75, 3.05) is 13.1 Å². The summed E-state index contributed by atoms with van der Waals surface area (Å²) in [4.78, 5) is 34.2. The number of amides is 3. The number of nitrogens with one attached hydrogen (secondary N) is 1. The van der Waals surface area contributed by atoms with Crippen molar-refractivity contribution in [1.82, 2.24) is 10.2 Å². The summed E-state index contributed by atoms with van der Waals surface area (Å²) in [5, 5.41) is 10.8. The van der Waals surface area contributed by atoms with Gasteiger partial charge in [0.05, 0.1) is 0 Å². The summed E-state index contributed by atoms with van der Waals surface area (Å²) < 4.78 is 0. The van der Waals surface area contributed by atoms with Crippen molar-refractivity contribution in [2.24, 2.45) is 5.73 Å². The van der Waals surface area contributed by atoms with E-state index in [1.807, 2.05) is 0 Å². The van der Waals surface area contributed by atoms with Gasteiger partial charge in [0.15, 0.2) is 0 Å². The van der Waals surface area contributed by atoms with Gasteiger partial charge in [-0.05, 0) is 19.3 Å². The minimum Gasteiger partial charge on any atom is -0.480 e. The first kappa shape index (κ1) is 13.4. The van der Waals surface area contributed by atoms with Gasteiger partial charge in [-0.3, -0.25) is 14.9 Å². The van der Waals surface area contributed by atoms with Gasteiger partial charge >= 0.3 is 12.0 Å². The molecule has 7 heteroatoms. The van der Waals surface area contributed by atoms with Gasteiger partial charge in [-0.1, -0.05) is 0 Å². The van der Waals surface area contributed by atoms with Crippen LogP contribution < -0.4 is 11.1 Å². The molecule has 4 N–H and O–H groups in total. The molecule has 7 nitrogen and oxygen atoms in total. The standard InChI is InChI=1S/C10H17N3O4/c11-7(9(15)16)3-1-2-5-13-6-4-8(14)12-10(13)17/h7H,1-6,11H2,(H,15,16)(H,12,14,17). The van der Waals surface area contributed by atoms with Gasteiger partial charge in [0.1, 0.15) is 6.04 Å². The van der Waals surface area contributed by atoms with Gasteiger partial charge in [-0.2, -0.15) is 0 Å². The van der Waals surface area contributed by atoms with Crippen LogP contribution in [0.5, 0.6) is 0 Å². The zero-order valence-corrected chi connectivity index (χ0v) is 9.52. The summed E-state index contributed by atoms with van der Waals surface area (Å²) in [5.41, 5.74) is 5.34. The van der Waals surface area contributed by atoms with Crippen LogP contribution in [0.15, 0.2) is 0 Å². The monoisotopic (exact) mass is 243 g/mol. The number of unbranched alkanes of at least 4 members (excludes halogenated alkanes) is 1. The van der Waals surface area contributed by atoms with Crippen molar-refractivity contribution in [3.63, 3.8) is 0 Å². The molecule has 1 atom stereocenters. The summed E-state index contributed by atoms with van der Waals surface area (Å²) >= 11 is 0. The van der Waals surface area contributed by atoms with Crippen molar-refractivity contribution in [1.29, 1.82) is 0 Å². The second-order valence-corrected chi connectivity index (χ2v) is 4.03. The number of carboxylic acid groups (broad SMARTS) is 1. The van der Waals surface area contributed by atoms with Gasteiger partial charge in [-0.15, -0.1) is 0 Å². The third kappa shape index (κ3) is 4.39. The molecule has 1 heterocycles. The van der Waals surface area contributed by atoms with Crippen LogP contribution >= 0.6 is 0 Å². The smallest absolute Gasteiger partial charge is 0.324 e. The summed E-state index contributed by atoms with van der Waals surface area (Å²) in [7, 11) is 0. The van der Waals surface area contributed by atoms with E-state index < -0.39 is 12.0 Å². The van der Waals surface area contributed by atoms with E-state index in [9.17, 15) is 14.4 Å². The van der Waals surface area contributed by atoms with E-state index in [4.69, 9.17) is 10.8 Å². The van der Waals surface area contributed by atoms with Crippen molar-refractivity contribution in [2.45, 2.75) is 31.7 Å². The van der Waals surface area contributed by atoms with Gasteiger partial charge < -0.3 is 15.7 Å². The molecule has 0 aromatic rings. The lowest BCUT2D eigenvalue weighted by atomic mass is 10.1. The number of nitrogens with zero attached hydrogens (tertiary/aromatic N) is 1. The SMILES string of the molecule is NC(CCCCN1CCC(=O)NC1=O)C(=O)O. The Bertz CT molecular complexity index is 319. The quantitative estimate of drug-likeness (QED) is 0.545. The number of carbonyl (C=O) groups is 3. The molecule has 1 unspecified atom stereocenters. The van der Waals surface area contributed by atoms with Gasteiger partial charge in [0.25, 0.3) is 0 Å². The van der Waals surface area contributed by atoms with E-state index in [2.05, 4.69) is 5.32 Å². The second kappa shape index (κ2) is 6.19. The maximum Gasteiger partial charge on any atom is 0.324 e. The normalized spacial score (nSPS) is 17.8. The number of urea groups is 1. The number of aliphatic carboxylic acids is 1. The van der Waals surface area contributed by atoms with E-state index >= 15 is 0 Å². The van der Waals surface area contributed by atoms with Crippen LogP contribution in [-0.4, -0.2) is 47.0 Å². The Morgan fingerprint density at radius 1 is 1.47 bits per heavy atom. The molecule has 1 saturated heterocycles. The minimum absolute atomic E-state index is 0.251.